The topological polar surface area (TPSA) is 78.7 Å². The maximum absolute atomic E-state index is 12.4. The number of nitro benzene ring substituents is 1. The highest BCUT2D eigenvalue weighted by atomic mass is 35.5. The van der Waals surface area contributed by atoms with Gasteiger partial charge in [-0.25, -0.2) is 0 Å². The van der Waals surface area contributed by atoms with Gasteiger partial charge >= 0.3 is 0 Å². The number of hydrogen-bond acceptors (Lipinski definition) is 5. The summed E-state index contributed by atoms with van der Waals surface area (Å²) < 4.78 is 0. The number of halogens is 1. The van der Waals surface area contributed by atoms with Crippen molar-refractivity contribution in [3.8, 4) is 0 Å². The molecule has 1 fully saturated rings. The van der Waals surface area contributed by atoms with Crippen LogP contribution in [0.25, 0.3) is 0 Å². The summed E-state index contributed by atoms with van der Waals surface area (Å²) in [6.45, 7) is 2.70. The van der Waals surface area contributed by atoms with Crippen LogP contribution in [0.15, 0.2) is 48.5 Å². The minimum atomic E-state index is -0.582. The molecular formula is C18H17ClN4O3S. The summed E-state index contributed by atoms with van der Waals surface area (Å²) in [6.07, 6.45) is 0. The molecule has 0 radical (unpaired) electrons. The Labute approximate surface area is 166 Å². The van der Waals surface area contributed by atoms with E-state index in [1.54, 1.807) is 6.07 Å². The van der Waals surface area contributed by atoms with Crippen molar-refractivity contribution in [3.63, 3.8) is 0 Å². The van der Waals surface area contributed by atoms with Crippen molar-refractivity contribution in [1.29, 1.82) is 0 Å². The highest BCUT2D eigenvalue weighted by Crippen LogP contribution is 2.21. The average Bonchev–Trinajstić information content (AvgIpc) is 2.68. The molecule has 1 aliphatic rings. The first-order valence-corrected chi connectivity index (χ1v) is 9.08. The Hall–Kier alpha value is -2.71. The normalized spacial score (nSPS) is 14.0. The van der Waals surface area contributed by atoms with Crippen LogP contribution in [0.5, 0.6) is 0 Å². The summed E-state index contributed by atoms with van der Waals surface area (Å²) in [4.78, 5) is 27.0. The van der Waals surface area contributed by atoms with E-state index in [2.05, 4.69) is 10.2 Å². The van der Waals surface area contributed by atoms with Crippen LogP contribution in [0.1, 0.15) is 10.4 Å². The second kappa shape index (κ2) is 8.32. The van der Waals surface area contributed by atoms with Crippen molar-refractivity contribution in [2.75, 3.05) is 31.1 Å². The van der Waals surface area contributed by atoms with Gasteiger partial charge < -0.3 is 9.80 Å². The standard InChI is InChI=1S/C18H17ClN4O3S/c19-13-4-3-5-14(12-13)21-8-10-22(11-9-21)18(27)20-17(24)15-6-1-2-7-16(15)23(25)26/h1-7,12H,8-11H2,(H,20,24,27). The fraction of sp³-hybridized carbons (Fsp3) is 0.222. The Morgan fingerprint density at radius 2 is 1.81 bits per heavy atom. The molecule has 2 aromatic carbocycles. The van der Waals surface area contributed by atoms with Gasteiger partial charge in [0.1, 0.15) is 5.56 Å². The zero-order valence-corrected chi connectivity index (χ0v) is 15.9. The summed E-state index contributed by atoms with van der Waals surface area (Å²) >= 11 is 11.4. The molecule has 27 heavy (non-hydrogen) atoms. The number of nitrogens with zero attached hydrogens (tertiary/aromatic N) is 3. The first kappa shape index (κ1) is 19.1. The Bertz CT molecular complexity index is 884. The molecule has 1 amide bonds. The molecule has 0 spiro atoms. The van der Waals surface area contributed by atoms with Gasteiger partial charge in [-0.3, -0.25) is 20.2 Å². The van der Waals surface area contributed by atoms with E-state index in [1.165, 1.54) is 18.2 Å². The number of anilines is 1. The van der Waals surface area contributed by atoms with Crippen molar-refractivity contribution >= 4 is 46.2 Å². The Morgan fingerprint density at radius 3 is 2.48 bits per heavy atom. The first-order valence-electron chi connectivity index (χ1n) is 8.30. The fourth-order valence-electron chi connectivity index (χ4n) is 2.91. The van der Waals surface area contributed by atoms with E-state index in [4.69, 9.17) is 23.8 Å². The lowest BCUT2D eigenvalue weighted by Gasteiger charge is -2.37. The number of carbonyl (C=O) groups is 1. The van der Waals surface area contributed by atoms with Gasteiger partial charge in [-0.1, -0.05) is 29.8 Å². The van der Waals surface area contributed by atoms with E-state index in [1.807, 2.05) is 29.2 Å². The molecule has 0 unspecified atom stereocenters. The van der Waals surface area contributed by atoms with Crippen LogP contribution in [0.4, 0.5) is 11.4 Å². The number of rotatable bonds is 3. The number of piperazine rings is 1. The molecule has 3 rings (SSSR count). The summed E-state index contributed by atoms with van der Waals surface area (Å²) in [6, 6.07) is 13.4. The predicted octanol–water partition coefficient (Wildman–Crippen LogP) is 3.09. The molecule has 1 aliphatic heterocycles. The second-order valence-electron chi connectivity index (χ2n) is 5.99. The molecule has 0 atom stereocenters. The van der Waals surface area contributed by atoms with Crippen molar-refractivity contribution in [2.45, 2.75) is 0 Å². The lowest BCUT2D eigenvalue weighted by molar-refractivity contribution is -0.385. The molecule has 9 heteroatoms. The van der Waals surface area contributed by atoms with Crippen LogP contribution in [-0.4, -0.2) is 47.0 Å². The van der Waals surface area contributed by atoms with Gasteiger partial charge in [0, 0.05) is 43.0 Å². The van der Waals surface area contributed by atoms with Gasteiger partial charge in [0.25, 0.3) is 11.6 Å². The fourth-order valence-corrected chi connectivity index (χ4v) is 3.37. The van der Waals surface area contributed by atoms with Crippen molar-refractivity contribution in [1.82, 2.24) is 10.2 Å². The predicted molar refractivity (Wildman–Crippen MR) is 108 cm³/mol. The summed E-state index contributed by atoms with van der Waals surface area (Å²) in [7, 11) is 0. The number of para-hydroxylation sites is 1. The van der Waals surface area contributed by atoms with Crippen LogP contribution >= 0.6 is 23.8 Å². The second-order valence-corrected chi connectivity index (χ2v) is 6.81. The van der Waals surface area contributed by atoms with Gasteiger partial charge in [0.2, 0.25) is 0 Å². The van der Waals surface area contributed by atoms with E-state index in [0.29, 0.717) is 18.1 Å². The third-order valence-corrected chi connectivity index (χ3v) is 4.90. The molecule has 0 aromatic heterocycles. The van der Waals surface area contributed by atoms with Crippen LogP contribution in [-0.2, 0) is 0 Å². The van der Waals surface area contributed by atoms with Gasteiger partial charge in [-0.05, 0) is 36.5 Å². The van der Waals surface area contributed by atoms with Gasteiger partial charge in [-0.15, -0.1) is 0 Å². The van der Waals surface area contributed by atoms with Crippen LogP contribution < -0.4 is 10.2 Å². The molecule has 0 aliphatic carbocycles. The summed E-state index contributed by atoms with van der Waals surface area (Å²) in [5.41, 5.74) is 0.781. The lowest BCUT2D eigenvalue weighted by atomic mass is 10.1. The average molecular weight is 405 g/mol. The maximum Gasteiger partial charge on any atom is 0.282 e. The molecule has 140 valence electrons. The minimum Gasteiger partial charge on any atom is -0.368 e. The van der Waals surface area contributed by atoms with Crippen LogP contribution in [0, 0.1) is 10.1 Å². The lowest BCUT2D eigenvalue weighted by Crippen LogP contribution is -2.52. The monoisotopic (exact) mass is 404 g/mol. The zero-order chi connectivity index (χ0) is 19.4. The molecule has 2 aromatic rings. The number of hydrogen-bond donors (Lipinski definition) is 1. The molecular weight excluding hydrogens is 388 g/mol. The third kappa shape index (κ3) is 4.53. The van der Waals surface area contributed by atoms with E-state index in [0.717, 1.165) is 18.8 Å². The van der Waals surface area contributed by atoms with E-state index < -0.39 is 10.8 Å². The Balaban J connectivity index is 1.60. The molecule has 1 heterocycles. The highest BCUT2D eigenvalue weighted by molar-refractivity contribution is 7.80. The van der Waals surface area contributed by atoms with Crippen molar-refractivity contribution in [2.24, 2.45) is 0 Å². The number of benzene rings is 2. The molecule has 0 bridgehead atoms. The number of nitro groups is 1. The Morgan fingerprint density at radius 1 is 1.11 bits per heavy atom. The SMILES string of the molecule is O=C(NC(=S)N1CCN(c2cccc(Cl)c2)CC1)c1ccccc1[N+](=O)[O-]. The quantitative estimate of drug-likeness (QED) is 0.481. The summed E-state index contributed by atoms with van der Waals surface area (Å²) in [5.74, 6) is -0.579. The van der Waals surface area contributed by atoms with E-state index >= 15 is 0 Å². The number of nitrogens with one attached hydrogen (secondary N) is 1. The first-order chi connectivity index (χ1) is 13.0. The molecule has 7 nitrogen and oxygen atoms in total. The summed E-state index contributed by atoms with van der Waals surface area (Å²) in [5, 5.41) is 14.6. The van der Waals surface area contributed by atoms with Gasteiger partial charge in [0.05, 0.1) is 4.92 Å². The molecule has 0 saturated carbocycles. The van der Waals surface area contributed by atoms with Gasteiger partial charge in [0.15, 0.2) is 5.11 Å². The number of thiocarbonyl (C=S) groups is 1. The van der Waals surface area contributed by atoms with Crippen LogP contribution in [0.3, 0.4) is 0 Å². The van der Waals surface area contributed by atoms with Crippen LogP contribution in [0.2, 0.25) is 5.02 Å². The van der Waals surface area contributed by atoms with E-state index in [9.17, 15) is 14.9 Å². The zero-order valence-electron chi connectivity index (χ0n) is 14.3. The number of amides is 1. The van der Waals surface area contributed by atoms with Gasteiger partial charge in [-0.2, -0.15) is 0 Å². The largest absolute Gasteiger partial charge is 0.368 e. The Kier molecular flexibility index (Phi) is 5.88. The highest BCUT2D eigenvalue weighted by Gasteiger charge is 2.24. The van der Waals surface area contributed by atoms with E-state index in [-0.39, 0.29) is 16.4 Å². The third-order valence-electron chi connectivity index (χ3n) is 4.31. The smallest absolute Gasteiger partial charge is 0.282 e. The number of carbonyl (C=O) groups excluding carboxylic acids is 1. The minimum absolute atomic E-state index is 0.0117. The molecule has 1 N–H and O–H groups in total. The van der Waals surface area contributed by atoms with Crippen molar-refractivity contribution < 1.29 is 9.72 Å². The van der Waals surface area contributed by atoms with Crippen molar-refractivity contribution in [3.05, 3.63) is 69.2 Å². The molecule has 1 saturated heterocycles. The maximum atomic E-state index is 12.4.